The highest BCUT2D eigenvalue weighted by Gasteiger charge is 2.51. The molecule has 6 aliphatic rings. The monoisotopic (exact) mass is 962 g/mol. The molecule has 0 radical (unpaired) electrons. The fourth-order valence-electron chi connectivity index (χ4n) is 11.3. The molecule has 72 heavy (non-hydrogen) atoms. The van der Waals surface area contributed by atoms with Gasteiger partial charge in [0.25, 0.3) is 11.8 Å². The van der Waals surface area contributed by atoms with Gasteiger partial charge in [-0.25, -0.2) is 0 Å². The second-order valence-corrected chi connectivity index (χ2v) is 20.5. The summed E-state index contributed by atoms with van der Waals surface area (Å²) >= 11 is 0. The Bertz CT molecular complexity index is 2760. The third kappa shape index (κ3) is 9.95. The number of nitrogens with one attached hydrogen (secondary N) is 4. The number of carbonyl (C=O) groups is 6. The molecule has 4 N–H and O–H groups in total. The van der Waals surface area contributed by atoms with E-state index in [-0.39, 0.29) is 121 Å². The van der Waals surface area contributed by atoms with Crippen molar-refractivity contribution in [2.75, 3.05) is 32.8 Å². The molecule has 12 atom stereocenters. The van der Waals surface area contributed by atoms with Crippen LogP contribution in [0, 0.1) is 36.0 Å². The van der Waals surface area contributed by atoms with E-state index in [2.05, 4.69) is 27.2 Å². The number of terminal acetylenes is 1. The molecule has 4 aliphatic carbocycles. The fraction of sp³-hybridized carbons (Fsp3) is 0.356. The molecule has 4 saturated carbocycles. The molecular formula is C59H58N6O7. The lowest BCUT2D eigenvalue weighted by Crippen LogP contribution is -2.43. The van der Waals surface area contributed by atoms with Crippen LogP contribution < -0.4 is 26.0 Å². The van der Waals surface area contributed by atoms with Crippen LogP contribution in [-0.2, 0) is 19.2 Å². The van der Waals surface area contributed by atoms with Crippen molar-refractivity contribution in [1.82, 2.24) is 31.1 Å². The summed E-state index contributed by atoms with van der Waals surface area (Å²) in [5.74, 6) is -2.00. The molecule has 13 heteroatoms. The van der Waals surface area contributed by atoms with E-state index in [1.807, 2.05) is 121 Å². The number of hydrogen-bond donors (Lipinski definition) is 4. The molecule has 5 aromatic rings. The second kappa shape index (κ2) is 19.8. The Morgan fingerprint density at radius 1 is 0.458 bits per heavy atom. The molecule has 13 nitrogen and oxygen atoms in total. The van der Waals surface area contributed by atoms with Crippen LogP contribution in [0.15, 0.2) is 140 Å². The van der Waals surface area contributed by atoms with E-state index in [1.165, 1.54) is 28.0 Å². The number of amides is 6. The molecule has 6 fully saturated rings. The SMILES string of the molecule is C#CCOc1cc(C(=O)N2C[C@@H](C(=O)N[C@H]3C[C@@H]3c3ccccc3)[C@H](C(=O)N[C@H]3C[C@@H]3c3ccccc3)C2)ccc1C(=O)N1C[C@@H](C(=O)N[C@H]2C[C@@H]2c2ccccc2)[C@H](C(=O)N[C@H]2C[C@@H]2c2ccccc2)C1. The number of likely N-dealkylation sites (tertiary alicyclic amines) is 2. The van der Waals surface area contributed by atoms with Crippen molar-refractivity contribution < 1.29 is 33.5 Å². The summed E-state index contributed by atoms with van der Waals surface area (Å²) in [5, 5.41) is 12.7. The van der Waals surface area contributed by atoms with Crippen LogP contribution in [0.1, 0.15) is 92.3 Å². The zero-order valence-corrected chi connectivity index (χ0v) is 39.9. The summed E-state index contributed by atoms with van der Waals surface area (Å²) in [6.07, 6.45) is 8.80. The maximum Gasteiger partial charge on any atom is 0.257 e. The summed E-state index contributed by atoms with van der Waals surface area (Å²) in [5.41, 5.74) is 4.86. The molecule has 6 amide bonds. The fourth-order valence-corrected chi connectivity index (χ4v) is 11.3. The quantitative estimate of drug-likeness (QED) is 0.0913. The third-order valence-corrected chi connectivity index (χ3v) is 15.7. The van der Waals surface area contributed by atoms with Crippen molar-refractivity contribution in [3.05, 3.63) is 173 Å². The topological polar surface area (TPSA) is 166 Å². The number of rotatable bonds is 16. The number of carbonyl (C=O) groups excluding carboxylic acids is 6. The predicted molar refractivity (Wildman–Crippen MR) is 269 cm³/mol. The Balaban J connectivity index is 0.799. The predicted octanol–water partition coefficient (Wildman–Crippen LogP) is 5.76. The van der Waals surface area contributed by atoms with Gasteiger partial charge in [-0.15, -0.1) is 6.42 Å². The van der Waals surface area contributed by atoms with Gasteiger partial charge in [0.2, 0.25) is 23.6 Å². The van der Waals surface area contributed by atoms with Gasteiger partial charge in [0.05, 0.1) is 29.2 Å². The average Bonchev–Trinajstić information content (AvgIpc) is 4.35. The lowest BCUT2D eigenvalue weighted by Gasteiger charge is -2.20. The van der Waals surface area contributed by atoms with Crippen molar-refractivity contribution in [2.45, 2.75) is 73.5 Å². The Labute approximate surface area is 419 Å². The number of ether oxygens (including phenoxy) is 1. The number of benzene rings is 5. The van der Waals surface area contributed by atoms with Crippen molar-refractivity contribution >= 4 is 35.4 Å². The van der Waals surface area contributed by atoms with Gasteiger partial charge in [-0.3, -0.25) is 28.8 Å². The molecule has 5 aromatic carbocycles. The maximum absolute atomic E-state index is 14.6. The largest absolute Gasteiger partial charge is 0.480 e. The van der Waals surface area contributed by atoms with Crippen LogP contribution in [0.4, 0.5) is 0 Å². The zero-order chi connectivity index (χ0) is 49.5. The van der Waals surface area contributed by atoms with Crippen molar-refractivity contribution in [3.8, 4) is 18.1 Å². The standard InChI is InChI=1S/C59H58N6O7/c1-2-25-72-53-26-39(58(70)64-31-45(54(66)60-49-27-41(49)35-15-7-3-8-16-35)46(32-64)55(67)61-50-28-42(50)36-17-9-4-10-18-36)23-24-40(53)59(71)65-33-47(56(68)62-51-29-43(51)37-19-11-5-12-20-37)48(34-65)57(69)63-52-30-44(52)38-21-13-6-14-22-38/h1,3-24,26,41-52H,25,27-34H2,(H,60,66)(H,61,67)(H,62,68)(H,63,69)/t41-,42-,43-,44-,45-,46-,47-,48-,49+,50+,51+,52+/m1/s1. The minimum atomic E-state index is -0.811. The zero-order valence-electron chi connectivity index (χ0n) is 39.9. The number of nitrogens with zero attached hydrogens (tertiary/aromatic N) is 2. The van der Waals surface area contributed by atoms with Gasteiger partial charge in [0.15, 0.2) is 0 Å². The van der Waals surface area contributed by atoms with Crippen LogP contribution >= 0.6 is 0 Å². The summed E-state index contributed by atoms with van der Waals surface area (Å²) in [7, 11) is 0. The van der Waals surface area contributed by atoms with Gasteiger partial charge in [0.1, 0.15) is 12.4 Å². The minimum Gasteiger partial charge on any atom is -0.480 e. The van der Waals surface area contributed by atoms with Crippen molar-refractivity contribution in [2.24, 2.45) is 23.7 Å². The number of hydrogen-bond acceptors (Lipinski definition) is 7. The maximum atomic E-state index is 14.6. The van der Waals surface area contributed by atoms with Crippen molar-refractivity contribution in [3.63, 3.8) is 0 Å². The average molecular weight is 963 g/mol. The van der Waals surface area contributed by atoms with E-state index in [0.29, 0.717) is 0 Å². The van der Waals surface area contributed by atoms with Gasteiger partial charge in [-0.05, 0) is 66.1 Å². The smallest absolute Gasteiger partial charge is 0.257 e. The van der Waals surface area contributed by atoms with Crippen LogP contribution in [0.3, 0.4) is 0 Å². The molecule has 366 valence electrons. The summed E-state index contributed by atoms with van der Waals surface area (Å²) < 4.78 is 5.97. The van der Waals surface area contributed by atoms with Gasteiger partial charge < -0.3 is 35.8 Å². The summed E-state index contributed by atoms with van der Waals surface area (Å²) in [6, 6.07) is 44.2. The second-order valence-electron chi connectivity index (χ2n) is 20.5. The van der Waals surface area contributed by atoms with Crippen LogP contribution in [0.25, 0.3) is 0 Å². The highest BCUT2D eigenvalue weighted by atomic mass is 16.5. The van der Waals surface area contributed by atoms with Crippen LogP contribution in [-0.4, -0.2) is 102 Å². The third-order valence-electron chi connectivity index (χ3n) is 15.7. The van der Waals surface area contributed by atoms with E-state index in [1.54, 1.807) is 0 Å². The van der Waals surface area contributed by atoms with E-state index in [0.717, 1.165) is 47.9 Å². The first kappa shape index (κ1) is 46.7. The first-order valence-corrected chi connectivity index (χ1v) is 25.3. The van der Waals surface area contributed by atoms with E-state index in [9.17, 15) is 28.8 Å². The highest BCUT2D eigenvalue weighted by molar-refractivity contribution is 6.02. The minimum absolute atomic E-state index is 0.00585. The molecule has 11 rings (SSSR count). The van der Waals surface area contributed by atoms with Gasteiger partial charge in [0, 0.05) is 79.6 Å². The highest BCUT2D eigenvalue weighted by Crippen LogP contribution is 2.45. The van der Waals surface area contributed by atoms with Gasteiger partial charge in [-0.2, -0.15) is 0 Å². The molecule has 0 spiro atoms. The Hall–Kier alpha value is -7.72. The summed E-state index contributed by atoms with van der Waals surface area (Å²) in [6.45, 7) is -0.186. The first-order valence-electron chi connectivity index (χ1n) is 25.3. The van der Waals surface area contributed by atoms with Gasteiger partial charge in [-0.1, -0.05) is 127 Å². The van der Waals surface area contributed by atoms with E-state index >= 15 is 0 Å². The van der Waals surface area contributed by atoms with Crippen LogP contribution in [0.2, 0.25) is 0 Å². The first-order chi connectivity index (χ1) is 35.1. The molecular weight excluding hydrogens is 905 g/mol. The molecule has 2 saturated heterocycles. The Kier molecular flexibility index (Phi) is 12.8. The van der Waals surface area contributed by atoms with Gasteiger partial charge >= 0.3 is 0 Å². The Morgan fingerprint density at radius 3 is 1.10 bits per heavy atom. The molecule has 0 unspecified atom stereocenters. The van der Waals surface area contributed by atoms with E-state index in [4.69, 9.17) is 11.2 Å². The lowest BCUT2D eigenvalue weighted by atomic mass is 9.94. The molecule has 0 aromatic heterocycles. The summed E-state index contributed by atoms with van der Waals surface area (Å²) in [4.78, 5) is 88.8. The molecule has 2 heterocycles. The normalized spacial score (nSPS) is 28.4. The van der Waals surface area contributed by atoms with Crippen LogP contribution in [0.5, 0.6) is 5.75 Å². The lowest BCUT2D eigenvalue weighted by molar-refractivity contribution is -0.133. The Morgan fingerprint density at radius 2 is 0.778 bits per heavy atom. The van der Waals surface area contributed by atoms with Crippen molar-refractivity contribution in [1.29, 1.82) is 0 Å². The van der Waals surface area contributed by atoms with E-state index < -0.39 is 35.5 Å². The molecule has 0 bridgehead atoms. The molecule has 2 aliphatic heterocycles.